The number of anilines is 1. The molecule has 1 aromatic carbocycles. The Bertz CT molecular complexity index is 824. The Kier molecular flexibility index (Phi) is 6.75. The third-order valence-electron chi connectivity index (χ3n) is 3.02. The second kappa shape index (κ2) is 9.24. The first-order valence-corrected chi connectivity index (χ1v) is 8.31. The van der Waals surface area contributed by atoms with Crippen LogP contribution in [0.5, 0.6) is 11.8 Å². The van der Waals surface area contributed by atoms with Crippen LogP contribution in [0.4, 0.5) is 5.69 Å². The number of nitriles is 1. The fourth-order valence-corrected chi connectivity index (χ4v) is 2.52. The number of nitrogens with one attached hydrogen (secondary N) is 2. The van der Waals surface area contributed by atoms with Crippen molar-refractivity contribution in [3.8, 4) is 17.8 Å². The standard InChI is InChI=1S/C16H17N7O2S/c1-24-14-7-15(25-2)21-13(20-14)9-26-11-5-3-10(4-6-11)22-23-12(8-17)16(18)19/h3-7,22H,9H2,1-2H3,(H3,18,19)/b23-12+. The van der Waals surface area contributed by atoms with Crippen molar-refractivity contribution < 1.29 is 9.47 Å². The summed E-state index contributed by atoms with van der Waals surface area (Å²) in [6.45, 7) is 0. The van der Waals surface area contributed by atoms with Crippen molar-refractivity contribution in [2.75, 3.05) is 19.6 Å². The molecule has 0 aliphatic carbocycles. The van der Waals surface area contributed by atoms with E-state index in [9.17, 15) is 0 Å². The average molecular weight is 371 g/mol. The van der Waals surface area contributed by atoms with Crippen molar-refractivity contribution in [1.82, 2.24) is 9.97 Å². The van der Waals surface area contributed by atoms with E-state index in [2.05, 4.69) is 20.5 Å². The van der Waals surface area contributed by atoms with Gasteiger partial charge in [0.1, 0.15) is 11.9 Å². The summed E-state index contributed by atoms with van der Waals surface area (Å²) in [5.74, 6) is 1.65. The number of aromatic nitrogens is 2. The molecule has 26 heavy (non-hydrogen) atoms. The topological polar surface area (TPSA) is 142 Å². The van der Waals surface area contributed by atoms with Gasteiger partial charge in [-0.05, 0) is 24.3 Å². The highest BCUT2D eigenvalue weighted by Crippen LogP contribution is 2.25. The summed E-state index contributed by atoms with van der Waals surface area (Å²) in [6, 6.07) is 10.7. The molecule has 0 saturated heterocycles. The molecule has 10 heteroatoms. The van der Waals surface area contributed by atoms with E-state index in [0.717, 1.165) is 4.90 Å². The molecule has 2 aromatic rings. The van der Waals surface area contributed by atoms with Crippen LogP contribution in [0.2, 0.25) is 0 Å². The van der Waals surface area contributed by atoms with E-state index in [1.165, 1.54) is 14.2 Å². The number of hydrogen-bond acceptors (Lipinski definition) is 9. The van der Waals surface area contributed by atoms with Crippen molar-refractivity contribution in [1.29, 1.82) is 10.7 Å². The molecule has 1 aromatic heterocycles. The zero-order valence-electron chi connectivity index (χ0n) is 14.2. The van der Waals surface area contributed by atoms with Crippen LogP contribution in [0.15, 0.2) is 40.3 Å². The molecule has 0 atom stereocenters. The number of rotatable bonds is 8. The van der Waals surface area contributed by atoms with Gasteiger partial charge in [0, 0.05) is 4.90 Å². The summed E-state index contributed by atoms with van der Waals surface area (Å²) >= 11 is 1.55. The van der Waals surface area contributed by atoms with Crippen LogP contribution in [-0.2, 0) is 5.75 Å². The van der Waals surface area contributed by atoms with Crippen LogP contribution < -0.4 is 20.6 Å². The van der Waals surface area contributed by atoms with Crippen LogP contribution in [0.3, 0.4) is 0 Å². The largest absolute Gasteiger partial charge is 0.481 e. The van der Waals surface area contributed by atoms with Crippen molar-refractivity contribution in [2.24, 2.45) is 10.8 Å². The third-order valence-corrected chi connectivity index (χ3v) is 4.03. The summed E-state index contributed by atoms with van der Waals surface area (Å²) < 4.78 is 10.3. The number of hydrogen-bond donors (Lipinski definition) is 3. The number of hydrazone groups is 1. The van der Waals surface area contributed by atoms with Crippen molar-refractivity contribution in [2.45, 2.75) is 10.6 Å². The first-order chi connectivity index (χ1) is 12.5. The lowest BCUT2D eigenvalue weighted by atomic mass is 10.3. The van der Waals surface area contributed by atoms with Gasteiger partial charge >= 0.3 is 0 Å². The number of amidine groups is 1. The van der Waals surface area contributed by atoms with Crippen LogP contribution in [0.1, 0.15) is 5.82 Å². The van der Waals surface area contributed by atoms with Gasteiger partial charge in [0.05, 0.1) is 31.7 Å². The third kappa shape index (κ3) is 5.35. The SMILES string of the molecule is COc1cc(OC)nc(CSc2ccc(N/N=C(\C#N)C(=N)N)cc2)n1. The first-order valence-electron chi connectivity index (χ1n) is 7.32. The number of methoxy groups -OCH3 is 2. The van der Waals surface area contributed by atoms with Crippen LogP contribution in [0.25, 0.3) is 0 Å². The minimum Gasteiger partial charge on any atom is -0.481 e. The van der Waals surface area contributed by atoms with E-state index in [1.54, 1.807) is 36.0 Å². The van der Waals surface area contributed by atoms with E-state index in [4.69, 9.17) is 25.9 Å². The molecule has 0 amide bonds. The van der Waals surface area contributed by atoms with E-state index in [1.807, 2.05) is 12.1 Å². The molecule has 0 aliphatic rings. The van der Waals surface area contributed by atoms with Crippen molar-refractivity contribution in [3.63, 3.8) is 0 Å². The van der Waals surface area contributed by atoms with Gasteiger partial charge < -0.3 is 15.2 Å². The van der Waals surface area contributed by atoms with E-state index >= 15 is 0 Å². The molecule has 0 radical (unpaired) electrons. The molecule has 2 rings (SSSR count). The molecule has 0 spiro atoms. The number of benzene rings is 1. The van der Waals surface area contributed by atoms with Gasteiger partial charge in [-0.25, -0.2) is 0 Å². The van der Waals surface area contributed by atoms with E-state index in [-0.39, 0.29) is 11.5 Å². The highest BCUT2D eigenvalue weighted by molar-refractivity contribution is 7.98. The van der Waals surface area contributed by atoms with Gasteiger partial charge in [-0.2, -0.15) is 20.3 Å². The zero-order valence-corrected chi connectivity index (χ0v) is 15.0. The Labute approximate surface area is 154 Å². The summed E-state index contributed by atoms with van der Waals surface area (Å²) in [5.41, 5.74) is 8.41. The molecule has 0 saturated carbocycles. The molecule has 0 aliphatic heterocycles. The Morgan fingerprint density at radius 1 is 1.27 bits per heavy atom. The fraction of sp³-hybridized carbons (Fsp3) is 0.188. The Balaban J connectivity index is 2.00. The lowest BCUT2D eigenvalue weighted by Gasteiger charge is -2.07. The molecule has 0 bridgehead atoms. The van der Waals surface area contributed by atoms with Crippen LogP contribution in [-0.4, -0.2) is 35.7 Å². The number of nitrogens with zero attached hydrogens (tertiary/aromatic N) is 4. The predicted molar refractivity (Wildman–Crippen MR) is 99.7 cm³/mol. The second-order valence-corrected chi connectivity index (χ2v) is 5.83. The van der Waals surface area contributed by atoms with Crippen LogP contribution >= 0.6 is 11.8 Å². The normalized spacial score (nSPS) is 10.7. The van der Waals surface area contributed by atoms with Gasteiger partial charge in [0.2, 0.25) is 17.5 Å². The fourth-order valence-electron chi connectivity index (χ4n) is 1.76. The number of thioether (sulfide) groups is 1. The Hall–Kier alpha value is -3.32. The second-order valence-electron chi connectivity index (χ2n) is 4.78. The highest BCUT2D eigenvalue weighted by atomic mass is 32.2. The Morgan fingerprint density at radius 3 is 2.38 bits per heavy atom. The van der Waals surface area contributed by atoms with Gasteiger partial charge in [0.15, 0.2) is 5.84 Å². The van der Waals surface area contributed by atoms with Crippen LogP contribution in [0, 0.1) is 16.7 Å². The average Bonchev–Trinajstić information content (AvgIpc) is 2.67. The molecule has 4 N–H and O–H groups in total. The van der Waals surface area contributed by atoms with Gasteiger partial charge in [0.25, 0.3) is 0 Å². The molecule has 0 fully saturated rings. The zero-order chi connectivity index (χ0) is 18.9. The van der Waals surface area contributed by atoms with E-state index in [0.29, 0.717) is 29.0 Å². The summed E-state index contributed by atoms with van der Waals surface area (Å²) in [5, 5.41) is 19.8. The molecule has 0 unspecified atom stereocenters. The smallest absolute Gasteiger partial charge is 0.220 e. The molecular weight excluding hydrogens is 354 g/mol. The summed E-state index contributed by atoms with van der Waals surface area (Å²) in [4.78, 5) is 9.56. The molecular formula is C16H17N7O2S. The lowest BCUT2D eigenvalue weighted by Crippen LogP contribution is -2.21. The van der Waals surface area contributed by atoms with Gasteiger partial charge in [-0.3, -0.25) is 10.8 Å². The minimum absolute atomic E-state index is 0.174. The molecule has 9 nitrogen and oxygen atoms in total. The summed E-state index contributed by atoms with van der Waals surface area (Å²) in [6.07, 6.45) is 0. The quantitative estimate of drug-likeness (QED) is 0.277. The number of nitrogens with two attached hydrogens (primary N) is 1. The maximum atomic E-state index is 8.80. The number of ether oxygens (including phenoxy) is 2. The monoisotopic (exact) mass is 371 g/mol. The minimum atomic E-state index is -0.388. The van der Waals surface area contributed by atoms with Crippen molar-refractivity contribution in [3.05, 3.63) is 36.2 Å². The van der Waals surface area contributed by atoms with Gasteiger partial charge in [-0.1, -0.05) is 0 Å². The highest BCUT2D eigenvalue weighted by Gasteiger charge is 2.06. The predicted octanol–water partition coefficient (Wildman–Crippen LogP) is 2.01. The van der Waals surface area contributed by atoms with Gasteiger partial charge in [-0.15, -0.1) is 11.8 Å². The lowest BCUT2D eigenvalue weighted by molar-refractivity contribution is 0.369. The summed E-state index contributed by atoms with van der Waals surface area (Å²) in [7, 11) is 3.08. The molecule has 134 valence electrons. The Morgan fingerprint density at radius 2 is 1.88 bits per heavy atom. The maximum Gasteiger partial charge on any atom is 0.220 e. The maximum absolute atomic E-state index is 8.80. The molecule has 1 heterocycles. The van der Waals surface area contributed by atoms with Crippen molar-refractivity contribution >= 4 is 29.0 Å². The van der Waals surface area contributed by atoms with E-state index < -0.39 is 0 Å². The first kappa shape index (κ1) is 19.0.